The van der Waals surface area contributed by atoms with Gasteiger partial charge < -0.3 is 14.7 Å². The Morgan fingerprint density at radius 2 is 1.67 bits per heavy atom. The Morgan fingerprint density at radius 3 is 2.33 bits per heavy atom. The molecule has 5 heteroatoms. The average molecular weight is 410 g/mol. The summed E-state index contributed by atoms with van der Waals surface area (Å²) in [7, 11) is 0. The zero-order valence-electron chi connectivity index (χ0n) is 15.6. The monoisotopic (exact) mass is 409 g/mol. The molecule has 1 saturated heterocycles. The number of aliphatic hydroxyl groups excluding tert-OH is 1. The highest BCUT2D eigenvalue weighted by Crippen LogP contribution is 2.21. The molecule has 3 nitrogen and oxygen atoms in total. The fourth-order valence-electron chi connectivity index (χ4n) is 3.56. The van der Waals surface area contributed by atoms with Crippen molar-refractivity contribution in [2.75, 3.05) is 26.2 Å². The minimum absolute atomic E-state index is 0. The first-order chi connectivity index (χ1) is 12.7. The summed E-state index contributed by atoms with van der Waals surface area (Å²) < 4.78 is 5.64. The van der Waals surface area contributed by atoms with Crippen LogP contribution in [-0.2, 0) is 17.8 Å². The van der Waals surface area contributed by atoms with Crippen LogP contribution in [-0.4, -0.2) is 42.4 Å². The van der Waals surface area contributed by atoms with Gasteiger partial charge in [0.2, 0.25) is 0 Å². The van der Waals surface area contributed by atoms with E-state index in [1.54, 1.807) is 0 Å². The van der Waals surface area contributed by atoms with Crippen LogP contribution >= 0.6 is 24.0 Å². The molecule has 3 rings (SSSR count). The topological polar surface area (TPSA) is 32.7 Å². The molecule has 27 heavy (non-hydrogen) atoms. The molecule has 0 amide bonds. The lowest BCUT2D eigenvalue weighted by atomic mass is 9.90. The van der Waals surface area contributed by atoms with Gasteiger partial charge in [-0.25, -0.2) is 0 Å². The van der Waals surface area contributed by atoms with Crippen molar-refractivity contribution in [3.8, 4) is 0 Å². The molecule has 1 heterocycles. The summed E-state index contributed by atoms with van der Waals surface area (Å²) in [4.78, 5) is 2.36. The summed E-state index contributed by atoms with van der Waals surface area (Å²) in [6.45, 7) is 3.69. The fraction of sp³-hybridized carbons (Fsp3) is 0.455. The van der Waals surface area contributed by atoms with Gasteiger partial charge in [-0.05, 0) is 61.5 Å². The van der Waals surface area contributed by atoms with Crippen molar-refractivity contribution < 1.29 is 9.84 Å². The molecular formula is C22H29Cl2NO2. The van der Waals surface area contributed by atoms with Gasteiger partial charge in [-0.3, -0.25) is 0 Å². The van der Waals surface area contributed by atoms with Gasteiger partial charge in [-0.2, -0.15) is 0 Å². The lowest BCUT2D eigenvalue weighted by molar-refractivity contribution is 0.00451. The minimum Gasteiger partial charge on any atom is -0.389 e. The van der Waals surface area contributed by atoms with Crippen molar-refractivity contribution in [1.82, 2.24) is 4.90 Å². The summed E-state index contributed by atoms with van der Waals surface area (Å²) >= 11 is 5.87. The maximum absolute atomic E-state index is 10.2. The number of aliphatic hydroxyl groups is 1. The zero-order valence-corrected chi connectivity index (χ0v) is 17.2. The highest BCUT2D eigenvalue weighted by atomic mass is 35.5. The molecule has 0 spiro atoms. The first-order valence-corrected chi connectivity index (χ1v) is 9.83. The number of piperidine rings is 1. The number of ether oxygens (including phenoxy) is 1. The van der Waals surface area contributed by atoms with Gasteiger partial charge >= 0.3 is 0 Å². The third-order valence-corrected chi connectivity index (χ3v) is 5.29. The minimum atomic E-state index is -0.437. The van der Waals surface area contributed by atoms with Gasteiger partial charge in [-0.15, -0.1) is 12.4 Å². The van der Waals surface area contributed by atoms with E-state index in [0.717, 1.165) is 29.6 Å². The predicted molar refractivity (Wildman–Crippen MR) is 114 cm³/mol. The number of rotatable bonds is 8. The van der Waals surface area contributed by atoms with Gasteiger partial charge in [0.1, 0.15) is 0 Å². The van der Waals surface area contributed by atoms with E-state index in [4.69, 9.17) is 16.3 Å². The van der Waals surface area contributed by atoms with Crippen molar-refractivity contribution in [3.63, 3.8) is 0 Å². The Kier molecular flexibility index (Phi) is 9.60. The molecule has 1 atom stereocenters. The summed E-state index contributed by atoms with van der Waals surface area (Å²) in [5.41, 5.74) is 2.50. The molecule has 0 bridgehead atoms. The number of hydrogen-bond donors (Lipinski definition) is 1. The maximum Gasteiger partial charge on any atom is 0.0900 e. The van der Waals surface area contributed by atoms with Crippen LogP contribution in [0.15, 0.2) is 54.6 Å². The van der Waals surface area contributed by atoms with Gasteiger partial charge in [0.25, 0.3) is 0 Å². The molecule has 2 aromatic rings. The van der Waals surface area contributed by atoms with Gasteiger partial charge in [0, 0.05) is 11.6 Å². The van der Waals surface area contributed by atoms with Crippen LogP contribution in [0.4, 0.5) is 0 Å². The van der Waals surface area contributed by atoms with Crippen molar-refractivity contribution >= 4 is 24.0 Å². The Bertz CT molecular complexity index is 643. The zero-order chi connectivity index (χ0) is 18.2. The standard InChI is InChI=1S/C22H28ClNO2.ClH/c23-21-8-6-20(7-9-21)16-26-17-22(25)15-24-12-10-19(11-13-24)14-18-4-2-1-3-5-18;/h1-9,19,22,25H,10-17H2;1H. The van der Waals surface area contributed by atoms with E-state index >= 15 is 0 Å². The van der Waals surface area contributed by atoms with E-state index in [1.807, 2.05) is 24.3 Å². The quantitative estimate of drug-likeness (QED) is 0.691. The van der Waals surface area contributed by atoms with E-state index in [-0.39, 0.29) is 12.4 Å². The Labute approximate surface area is 173 Å². The number of hydrogen-bond acceptors (Lipinski definition) is 3. The number of likely N-dealkylation sites (tertiary alicyclic amines) is 1. The SMILES string of the molecule is Cl.OC(COCc1ccc(Cl)cc1)CN1CCC(Cc2ccccc2)CC1. The number of halogens is 2. The van der Waals surface area contributed by atoms with Crippen LogP contribution < -0.4 is 0 Å². The van der Waals surface area contributed by atoms with Gasteiger partial charge in [-0.1, -0.05) is 54.1 Å². The summed E-state index contributed by atoms with van der Waals surface area (Å²) in [6, 6.07) is 18.4. The normalized spacial score (nSPS) is 16.7. The highest BCUT2D eigenvalue weighted by molar-refractivity contribution is 6.30. The molecule has 0 saturated carbocycles. The predicted octanol–water partition coefficient (Wildman–Crippen LogP) is 4.59. The molecule has 0 aliphatic carbocycles. The third-order valence-electron chi connectivity index (χ3n) is 5.04. The van der Waals surface area contributed by atoms with Crippen LogP contribution in [0.5, 0.6) is 0 Å². The molecule has 148 valence electrons. The molecular weight excluding hydrogens is 381 g/mol. The van der Waals surface area contributed by atoms with Crippen LogP contribution in [0, 0.1) is 5.92 Å². The molecule has 0 radical (unpaired) electrons. The smallest absolute Gasteiger partial charge is 0.0900 e. The number of β-amino-alcohol motifs (C(OH)–C–C–N with tert-alkyl or cyclic N) is 1. The van der Waals surface area contributed by atoms with Crippen molar-refractivity contribution in [2.24, 2.45) is 5.92 Å². The second kappa shape index (κ2) is 11.7. The summed E-state index contributed by atoms with van der Waals surface area (Å²) in [5.74, 6) is 0.756. The molecule has 1 unspecified atom stereocenters. The van der Waals surface area contributed by atoms with E-state index in [2.05, 4.69) is 35.2 Å². The lowest BCUT2D eigenvalue weighted by Crippen LogP contribution is -2.40. The molecule has 1 N–H and O–H groups in total. The van der Waals surface area contributed by atoms with Crippen LogP contribution in [0.3, 0.4) is 0 Å². The maximum atomic E-state index is 10.2. The number of benzene rings is 2. The first-order valence-electron chi connectivity index (χ1n) is 9.45. The lowest BCUT2D eigenvalue weighted by Gasteiger charge is -2.33. The number of nitrogens with zero attached hydrogens (tertiary/aromatic N) is 1. The van der Waals surface area contributed by atoms with Gasteiger partial charge in [0.15, 0.2) is 0 Å². The van der Waals surface area contributed by atoms with Crippen molar-refractivity contribution in [1.29, 1.82) is 0 Å². The summed E-state index contributed by atoms with van der Waals surface area (Å²) in [6.07, 6.45) is 3.13. The Hall–Kier alpha value is -1.10. The average Bonchev–Trinajstić information content (AvgIpc) is 2.66. The second-order valence-electron chi connectivity index (χ2n) is 7.23. The molecule has 2 aromatic carbocycles. The van der Waals surface area contributed by atoms with E-state index in [1.165, 1.54) is 24.8 Å². The first kappa shape index (κ1) is 22.2. The Balaban J connectivity index is 0.00000261. The highest BCUT2D eigenvalue weighted by Gasteiger charge is 2.21. The Morgan fingerprint density at radius 1 is 1.00 bits per heavy atom. The van der Waals surface area contributed by atoms with E-state index < -0.39 is 6.10 Å². The largest absolute Gasteiger partial charge is 0.389 e. The van der Waals surface area contributed by atoms with Crippen LogP contribution in [0.1, 0.15) is 24.0 Å². The van der Waals surface area contributed by atoms with E-state index in [9.17, 15) is 5.11 Å². The van der Waals surface area contributed by atoms with Crippen LogP contribution in [0.2, 0.25) is 5.02 Å². The molecule has 0 aromatic heterocycles. The van der Waals surface area contributed by atoms with E-state index in [0.29, 0.717) is 19.8 Å². The molecule has 1 aliphatic heterocycles. The van der Waals surface area contributed by atoms with Crippen LogP contribution in [0.25, 0.3) is 0 Å². The molecule has 1 aliphatic rings. The van der Waals surface area contributed by atoms with Gasteiger partial charge in [0.05, 0.1) is 19.3 Å². The molecule has 1 fully saturated rings. The summed E-state index contributed by atoms with van der Waals surface area (Å²) in [5, 5.41) is 11.0. The van der Waals surface area contributed by atoms with Crippen molar-refractivity contribution in [2.45, 2.75) is 32.0 Å². The van der Waals surface area contributed by atoms with Crippen molar-refractivity contribution in [3.05, 3.63) is 70.7 Å². The third kappa shape index (κ3) is 7.81. The fourth-order valence-corrected chi connectivity index (χ4v) is 3.69. The second-order valence-corrected chi connectivity index (χ2v) is 7.67.